The van der Waals surface area contributed by atoms with Crippen molar-refractivity contribution in [1.82, 2.24) is 5.32 Å². The fourth-order valence-electron chi connectivity index (χ4n) is 0.739. The number of hydrogen-bond acceptors (Lipinski definition) is 5. The molecule has 0 aliphatic heterocycles. The second-order valence-electron chi connectivity index (χ2n) is 2.74. The monoisotopic (exact) mass is 219 g/mol. The van der Waals surface area contributed by atoms with Gasteiger partial charge in [0.05, 0.1) is 20.1 Å². The van der Waals surface area contributed by atoms with E-state index in [2.05, 4.69) is 10.1 Å². The second kappa shape index (κ2) is 6.77. The van der Waals surface area contributed by atoms with Crippen LogP contribution in [0.3, 0.4) is 0 Å². The van der Waals surface area contributed by atoms with Crippen LogP contribution in [0, 0.1) is 0 Å². The summed E-state index contributed by atoms with van der Waals surface area (Å²) in [4.78, 5) is 31.7. The highest BCUT2D eigenvalue weighted by molar-refractivity contribution is 5.81. The van der Waals surface area contributed by atoms with Crippen LogP contribution in [0.25, 0.3) is 0 Å². The number of nitrogens with one attached hydrogen (secondary N) is 1. The van der Waals surface area contributed by atoms with Crippen LogP contribution < -0.4 is 5.32 Å². The normalized spacial score (nSPS) is 11.6. The maximum absolute atomic E-state index is 10.9. The second-order valence-corrected chi connectivity index (χ2v) is 2.74. The van der Waals surface area contributed by atoms with Gasteiger partial charge in [0, 0.05) is 6.42 Å². The molecule has 0 aromatic heterocycles. The standard InChI is InChI=1S/C8H13NO6/c1-15-8(14)5(10)4-9-6(11)2-3-7(12)13/h5,10H,2-4H2,1H3,(H,9,11)(H,12,13). The Morgan fingerprint density at radius 1 is 1.33 bits per heavy atom. The first-order valence-electron chi connectivity index (χ1n) is 4.21. The molecule has 0 heterocycles. The molecule has 1 unspecified atom stereocenters. The van der Waals surface area contributed by atoms with E-state index in [0.29, 0.717) is 0 Å². The van der Waals surface area contributed by atoms with Crippen LogP contribution in [-0.4, -0.2) is 47.8 Å². The Labute approximate surface area is 86.0 Å². The molecule has 0 aliphatic carbocycles. The van der Waals surface area contributed by atoms with Crippen LogP contribution in [0.4, 0.5) is 0 Å². The first-order valence-corrected chi connectivity index (χ1v) is 4.21. The summed E-state index contributed by atoms with van der Waals surface area (Å²) in [6.45, 7) is -0.287. The number of carboxylic acids is 1. The van der Waals surface area contributed by atoms with Crippen molar-refractivity contribution in [1.29, 1.82) is 0 Å². The Balaban J connectivity index is 3.71. The molecule has 1 amide bonds. The highest BCUT2D eigenvalue weighted by Crippen LogP contribution is 1.90. The van der Waals surface area contributed by atoms with E-state index < -0.39 is 23.9 Å². The Bertz CT molecular complexity index is 252. The van der Waals surface area contributed by atoms with Gasteiger partial charge in [-0.1, -0.05) is 0 Å². The van der Waals surface area contributed by atoms with Gasteiger partial charge >= 0.3 is 11.9 Å². The number of carbonyl (C=O) groups excluding carboxylic acids is 2. The van der Waals surface area contributed by atoms with Crippen molar-refractivity contribution in [2.75, 3.05) is 13.7 Å². The van der Waals surface area contributed by atoms with E-state index in [1.165, 1.54) is 0 Å². The molecule has 0 fully saturated rings. The molecule has 86 valence electrons. The zero-order valence-corrected chi connectivity index (χ0v) is 8.23. The lowest BCUT2D eigenvalue weighted by Crippen LogP contribution is -2.37. The lowest BCUT2D eigenvalue weighted by molar-refractivity contribution is -0.150. The SMILES string of the molecule is COC(=O)C(O)CNC(=O)CCC(=O)O. The van der Waals surface area contributed by atoms with Gasteiger partial charge < -0.3 is 20.3 Å². The Hall–Kier alpha value is -1.63. The molecular weight excluding hydrogens is 206 g/mol. The van der Waals surface area contributed by atoms with E-state index in [9.17, 15) is 14.4 Å². The van der Waals surface area contributed by atoms with Gasteiger partial charge in [-0.25, -0.2) is 4.79 Å². The summed E-state index contributed by atoms with van der Waals surface area (Å²) in [7, 11) is 1.11. The number of esters is 1. The lowest BCUT2D eigenvalue weighted by atomic mass is 10.3. The number of carboxylic acid groups (broad SMARTS) is 1. The summed E-state index contributed by atoms with van der Waals surface area (Å²) in [5, 5.41) is 19.5. The molecule has 0 saturated carbocycles. The highest BCUT2D eigenvalue weighted by Gasteiger charge is 2.16. The molecule has 7 heteroatoms. The average molecular weight is 219 g/mol. The molecule has 0 aromatic rings. The van der Waals surface area contributed by atoms with E-state index in [-0.39, 0.29) is 19.4 Å². The van der Waals surface area contributed by atoms with Gasteiger partial charge in [-0.2, -0.15) is 0 Å². The van der Waals surface area contributed by atoms with Gasteiger partial charge in [-0.05, 0) is 0 Å². The van der Waals surface area contributed by atoms with Gasteiger partial charge in [0.15, 0.2) is 6.10 Å². The van der Waals surface area contributed by atoms with Crippen LogP contribution in [0.5, 0.6) is 0 Å². The lowest BCUT2D eigenvalue weighted by Gasteiger charge is -2.08. The number of aliphatic hydroxyl groups excluding tert-OH is 1. The van der Waals surface area contributed by atoms with Gasteiger partial charge in [0.1, 0.15) is 0 Å². The van der Waals surface area contributed by atoms with Gasteiger partial charge in [0.25, 0.3) is 0 Å². The summed E-state index contributed by atoms with van der Waals surface area (Å²) in [6, 6.07) is 0. The van der Waals surface area contributed by atoms with Crippen LogP contribution in [0.15, 0.2) is 0 Å². The number of aliphatic carboxylic acids is 1. The van der Waals surface area contributed by atoms with Crippen molar-refractivity contribution < 1.29 is 29.3 Å². The average Bonchev–Trinajstić information content (AvgIpc) is 2.21. The van der Waals surface area contributed by atoms with Crippen molar-refractivity contribution in [3.63, 3.8) is 0 Å². The molecule has 3 N–H and O–H groups in total. The predicted molar refractivity (Wildman–Crippen MR) is 47.9 cm³/mol. The summed E-state index contributed by atoms with van der Waals surface area (Å²) >= 11 is 0. The first kappa shape index (κ1) is 13.4. The number of carbonyl (C=O) groups is 3. The Morgan fingerprint density at radius 3 is 2.40 bits per heavy atom. The maximum atomic E-state index is 10.9. The minimum atomic E-state index is -1.43. The summed E-state index contributed by atoms with van der Waals surface area (Å²) in [5.41, 5.74) is 0. The van der Waals surface area contributed by atoms with Crippen LogP contribution in [0.1, 0.15) is 12.8 Å². The fourth-order valence-corrected chi connectivity index (χ4v) is 0.739. The van der Waals surface area contributed by atoms with Crippen LogP contribution in [-0.2, 0) is 19.1 Å². The molecule has 0 bridgehead atoms. The van der Waals surface area contributed by atoms with Crippen molar-refractivity contribution in [2.45, 2.75) is 18.9 Å². The van der Waals surface area contributed by atoms with Crippen LogP contribution in [0.2, 0.25) is 0 Å². The maximum Gasteiger partial charge on any atom is 0.336 e. The number of amides is 1. The first-order chi connectivity index (χ1) is 6.97. The molecular formula is C8H13NO6. The molecule has 1 atom stereocenters. The van der Waals surface area contributed by atoms with Crippen molar-refractivity contribution in [2.24, 2.45) is 0 Å². The van der Waals surface area contributed by atoms with E-state index >= 15 is 0 Å². The quantitative estimate of drug-likeness (QED) is 0.469. The van der Waals surface area contributed by atoms with E-state index in [1.54, 1.807) is 0 Å². The molecule has 15 heavy (non-hydrogen) atoms. The molecule has 0 saturated heterocycles. The smallest absolute Gasteiger partial charge is 0.336 e. The van der Waals surface area contributed by atoms with Gasteiger partial charge in [-0.3, -0.25) is 9.59 Å². The van der Waals surface area contributed by atoms with Gasteiger partial charge in [0.2, 0.25) is 5.91 Å². The summed E-state index contributed by atoms with van der Waals surface area (Å²) in [6.07, 6.45) is -1.91. The van der Waals surface area contributed by atoms with Crippen molar-refractivity contribution in [3.05, 3.63) is 0 Å². The number of ether oxygens (including phenoxy) is 1. The number of hydrogen-bond donors (Lipinski definition) is 3. The Morgan fingerprint density at radius 2 is 1.93 bits per heavy atom. The van der Waals surface area contributed by atoms with Gasteiger partial charge in [-0.15, -0.1) is 0 Å². The zero-order valence-electron chi connectivity index (χ0n) is 8.23. The molecule has 0 radical (unpaired) electrons. The van der Waals surface area contributed by atoms with E-state index in [0.717, 1.165) is 7.11 Å². The number of methoxy groups -OCH3 is 1. The Kier molecular flexibility index (Phi) is 6.03. The third-order valence-electron chi connectivity index (χ3n) is 1.53. The number of rotatable bonds is 6. The van der Waals surface area contributed by atoms with E-state index in [4.69, 9.17) is 10.2 Å². The summed E-state index contributed by atoms with van der Waals surface area (Å²) < 4.78 is 4.21. The molecule has 7 nitrogen and oxygen atoms in total. The predicted octanol–water partition coefficient (Wildman–Crippen LogP) is -1.50. The van der Waals surface area contributed by atoms with E-state index in [1.807, 2.05) is 0 Å². The molecule has 0 aliphatic rings. The molecule has 0 rings (SSSR count). The van der Waals surface area contributed by atoms with Crippen molar-refractivity contribution in [3.8, 4) is 0 Å². The number of aliphatic hydroxyl groups is 1. The van der Waals surface area contributed by atoms with Crippen molar-refractivity contribution >= 4 is 17.8 Å². The van der Waals surface area contributed by atoms with Crippen LogP contribution >= 0.6 is 0 Å². The zero-order chi connectivity index (χ0) is 11.8. The largest absolute Gasteiger partial charge is 0.481 e. The topological polar surface area (TPSA) is 113 Å². The highest BCUT2D eigenvalue weighted by atomic mass is 16.5. The minimum Gasteiger partial charge on any atom is -0.481 e. The third kappa shape index (κ3) is 6.44. The molecule has 0 aromatic carbocycles. The molecule has 0 spiro atoms. The third-order valence-corrected chi connectivity index (χ3v) is 1.53. The minimum absolute atomic E-state index is 0.191. The summed E-state index contributed by atoms with van der Waals surface area (Å²) in [5.74, 6) is -2.48. The fraction of sp³-hybridized carbons (Fsp3) is 0.625.